The molecule has 0 aliphatic heterocycles. The minimum absolute atomic E-state index is 0. The lowest BCUT2D eigenvalue weighted by Crippen LogP contribution is -1.84. The molecule has 0 bridgehead atoms. The number of carbonyl (C=O) groups excluding carboxylic acids is 3. The molecule has 0 heterocycles. The summed E-state index contributed by atoms with van der Waals surface area (Å²) in [6.45, 7) is 0. The van der Waals surface area contributed by atoms with Crippen LogP contribution in [-0.2, 0) is 14.4 Å². The van der Waals surface area contributed by atoms with Crippen LogP contribution in [0.15, 0.2) is 218 Å². The van der Waals surface area contributed by atoms with Gasteiger partial charge in [-0.25, -0.2) is 0 Å². The first-order valence-electron chi connectivity index (χ1n) is 17.5. The van der Waals surface area contributed by atoms with Crippen molar-refractivity contribution in [1.29, 1.82) is 0 Å². The number of rotatable bonds is 12. The van der Waals surface area contributed by atoms with Crippen LogP contribution in [0, 0.1) is 0 Å². The molecule has 280 valence electrons. The highest BCUT2D eigenvalue weighted by molar-refractivity contribution is 6.05. The largest absolute Gasteiger partial charge is 0.290 e. The molecule has 0 fully saturated rings. The summed E-state index contributed by atoms with van der Waals surface area (Å²) in [5, 5.41) is 0. The zero-order chi connectivity index (χ0) is 37.9. The molecule has 0 saturated heterocycles. The second-order valence-electron chi connectivity index (χ2n) is 11.7. The van der Waals surface area contributed by atoms with Gasteiger partial charge in [-0.1, -0.05) is 218 Å². The summed E-state index contributed by atoms with van der Waals surface area (Å²) in [6, 6.07) is 58.7. The molecule has 6 aromatic carbocycles. The molecule has 0 N–H and O–H groups in total. The highest BCUT2D eigenvalue weighted by atomic mass is 35.5. The van der Waals surface area contributed by atoms with Crippen molar-refractivity contribution < 1.29 is 14.4 Å². The summed E-state index contributed by atoms with van der Waals surface area (Å²) in [6.07, 6.45) is 20.4. The second kappa shape index (κ2) is 27.9. The van der Waals surface area contributed by atoms with Crippen LogP contribution in [0.5, 0.6) is 0 Å². The minimum Gasteiger partial charge on any atom is -0.290 e. The molecule has 56 heavy (non-hydrogen) atoms. The van der Waals surface area contributed by atoms with Gasteiger partial charge in [-0.3, -0.25) is 14.4 Å². The number of benzene rings is 6. The van der Waals surface area contributed by atoms with Gasteiger partial charge in [0.05, 0.1) is 0 Å². The quantitative estimate of drug-likeness (QED) is 0.116. The number of hydrogen-bond acceptors (Lipinski definition) is 3. The SMILES string of the molecule is Cl.Cl.O=C(/C=C\c1ccccc1)/C=C/c1ccccc1.O=C(/C=C\c1ccccc1)/C=C/c1ccccc1.O=C(/C=C\c1ccccc1)/C=C/c1ccccc1. The average Bonchev–Trinajstić information content (AvgIpc) is 3.24. The molecule has 6 aromatic rings. The third-order valence-corrected chi connectivity index (χ3v) is 7.44. The molecule has 0 aromatic heterocycles. The Balaban J connectivity index is 0.000000285. The Bertz CT molecular complexity index is 1760. The van der Waals surface area contributed by atoms with Gasteiger partial charge < -0.3 is 0 Å². The van der Waals surface area contributed by atoms with Crippen molar-refractivity contribution in [3.63, 3.8) is 0 Å². The lowest BCUT2D eigenvalue weighted by atomic mass is 10.1. The van der Waals surface area contributed by atoms with E-state index in [0.717, 1.165) is 33.4 Å². The van der Waals surface area contributed by atoms with Crippen LogP contribution in [0.25, 0.3) is 36.5 Å². The number of halogens is 2. The minimum atomic E-state index is -0.0114. The Kier molecular flexibility index (Phi) is 22.7. The molecule has 0 amide bonds. The summed E-state index contributed by atoms with van der Waals surface area (Å²) < 4.78 is 0. The van der Waals surface area contributed by atoms with Crippen molar-refractivity contribution >= 4 is 78.6 Å². The van der Waals surface area contributed by atoms with Crippen LogP contribution in [0.2, 0.25) is 0 Å². The van der Waals surface area contributed by atoms with Gasteiger partial charge in [0, 0.05) is 0 Å². The van der Waals surface area contributed by atoms with Crippen LogP contribution in [0.4, 0.5) is 0 Å². The predicted molar refractivity (Wildman–Crippen MR) is 242 cm³/mol. The van der Waals surface area contributed by atoms with Gasteiger partial charge >= 0.3 is 0 Å². The van der Waals surface area contributed by atoms with Crippen LogP contribution >= 0.6 is 24.8 Å². The summed E-state index contributed by atoms with van der Waals surface area (Å²) in [4.78, 5) is 34.8. The van der Waals surface area contributed by atoms with Crippen LogP contribution in [-0.4, -0.2) is 17.3 Å². The zero-order valence-electron chi connectivity index (χ0n) is 30.8. The van der Waals surface area contributed by atoms with E-state index < -0.39 is 0 Å². The molecule has 5 heteroatoms. The average molecular weight is 776 g/mol. The first-order valence-corrected chi connectivity index (χ1v) is 17.5. The summed E-state index contributed by atoms with van der Waals surface area (Å²) in [5.74, 6) is -0.0341. The van der Waals surface area contributed by atoms with Crippen molar-refractivity contribution in [3.05, 3.63) is 252 Å². The van der Waals surface area contributed by atoms with E-state index in [1.54, 1.807) is 36.5 Å². The van der Waals surface area contributed by atoms with Gasteiger partial charge in [-0.15, -0.1) is 24.8 Å². The van der Waals surface area contributed by atoms with Crippen molar-refractivity contribution in [2.45, 2.75) is 0 Å². The molecule has 0 unspecified atom stereocenters. The van der Waals surface area contributed by atoms with Gasteiger partial charge in [-0.05, 0) is 69.8 Å². The van der Waals surface area contributed by atoms with E-state index in [4.69, 9.17) is 0 Å². The Morgan fingerprint density at radius 1 is 0.232 bits per heavy atom. The smallest absolute Gasteiger partial charge is 0.178 e. The third kappa shape index (κ3) is 20.0. The van der Waals surface area contributed by atoms with Gasteiger partial charge in [0.1, 0.15) is 0 Å². The van der Waals surface area contributed by atoms with E-state index in [1.807, 2.05) is 218 Å². The van der Waals surface area contributed by atoms with Crippen molar-refractivity contribution in [3.8, 4) is 0 Å². The van der Waals surface area contributed by atoms with Gasteiger partial charge in [0.15, 0.2) is 17.3 Å². The fourth-order valence-electron chi connectivity index (χ4n) is 4.62. The summed E-state index contributed by atoms with van der Waals surface area (Å²) in [5.41, 5.74) is 6.16. The van der Waals surface area contributed by atoms with Crippen molar-refractivity contribution in [1.82, 2.24) is 0 Å². The molecule has 0 saturated carbocycles. The Labute approximate surface area is 343 Å². The highest BCUT2D eigenvalue weighted by Gasteiger charge is 1.93. The van der Waals surface area contributed by atoms with Crippen LogP contribution in [0.1, 0.15) is 33.4 Å². The Morgan fingerprint density at radius 2 is 0.357 bits per heavy atom. The molecule has 0 radical (unpaired) electrons. The van der Waals surface area contributed by atoms with Gasteiger partial charge in [0.25, 0.3) is 0 Å². The standard InChI is InChI=1S/3C17H14O.2ClH/c3*18-17(13-11-15-7-3-1-4-8-15)14-12-16-9-5-2-6-10-16;;/h3*1-14H;2*1H/b3*13-11-,14-12+;;. The molecule has 0 aliphatic carbocycles. The first-order chi connectivity index (χ1) is 26.5. The summed E-state index contributed by atoms with van der Waals surface area (Å²) in [7, 11) is 0. The van der Waals surface area contributed by atoms with E-state index >= 15 is 0 Å². The fourth-order valence-corrected chi connectivity index (χ4v) is 4.62. The first kappa shape index (κ1) is 45.5. The van der Waals surface area contributed by atoms with E-state index in [-0.39, 0.29) is 42.2 Å². The molecule has 0 atom stereocenters. The summed E-state index contributed by atoms with van der Waals surface area (Å²) >= 11 is 0. The number of ketones is 3. The highest BCUT2D eigenvalue weighted by Crippen LogP contribution is 2.06. The van der Waals surface area contributed by atoms with Gasteiger partial charge in [0.2, 0.25) is 0 Å². The number of hydrogen-bond donors (Lipinski definition) is 0. The Hall–Kier alpha value is -6.65. The van der Waals surface area contributed by atoms with Gasteiger partial charge in [-0.2, -0.15) is 0 Å². The monoisotopic (exact) mass is 774 g/mol. The van der Waals surface area contributed by atoms with E-state index in [9.17, 15) is 14.4 Å². The molecule has 0 aliphatic rings. The maximum absolute atomic E-state index is 11.6. The second-order valence-corrected chi connectivity index (χ2v) is 11.7. The Morgan fingerprint density at radius 3 is 0.482 bits per heavy atom. The van der Waals surface area contributed by atoms with E-state index in [2.05, 4.69) is 0 Å². The number of allylic oxidation sites excluding steroid dienone is 6. The molecule has 6 rings (SSSR count). The van der Waals surface area contributed by atoms with Crippen LogP contribution in [0.3, 0.4) is 0 Å². The normalized spacial score (nSPS) is 10.7. The van der Waals surface area contributed by atoms with Crippen LogP contribution < -0.4 is 0 Å². The topological polar surface area (TPSA) is 51.2 Å². The maximum atomic E-state index is 11.6. The molecule has 0 spiro atoms. The molecule has 3 nitrogen and oxygen atoms in total. The third-order valence-electron chi connectivity index (χ3n) is 7.44. The lowest BCUT2D eigenvalue weighted by molar-refractivity contribution is -0.111. The van der Waals surface area contributed by atoms with E-state index in [1.165, 1.54) is 0 Å². The zero-order valence-corrected chi connectivity index (χ0v) is 32.4. The molecular weight excluding hydrogens is 731 g/mol. The lowest BCUT2D eigenvalue weighted by Gasteiger charge is -1.91. The van der Waals surface area contributed by atoms with E-state index in [0.29, 0.717) is 0 Å². The molecular formula is C51H44Cl2O3. The maximum Gasteiger partial charge on any atom is 0.178 e. The number of carbonyl (C=O) groups is 3. The van der Waals surface area contributed by atoms with Crippen molar-refractivity contribution in [2.75, 3.05) is 0 Å². The predicted octanol–water partition coefficient (Wildman–Crippen LogP) is 12.8. The van der Waals surface area contributed by atoms with Crippen molar-refractivity contribution in [2.24, 2.45) is 0 Å². The fraction of sp³-hybridized carbons (Fsp3) is 0.